The van der Waals surface area contributed by atoms with Gasteiger partial charge < -0.3 is 8.83 Å². The summed E-state index contributed by atoms with van der Waals surface area (Å²) in [5, 5.41) is 1.50. The zero-order valence-electron chi connectivity index (χ0n) is 36.9. The van der Waals surface area contributed by atoms with Gasteiger partial charge in [-0.3, -0.25) is 0 Å². The molecule has 50 heavy (non-hydrogen) atoms. The van der Waals surface area contributed by atoms with Gasteiger partial charge in [-0.1, -0.05) is 133 Å². The van der Waals surface area contributed by atoms with Gasteiger partial charge in [0.25, 0.3) is 0 Å². The first kappa shape index (κ1) is 19.2. The van der Waals surface area contributed by atoms with Crippen molar-refractivity contribution in [3.63, 3.8) is 0 Å². The molecule has 3 aromatic heterocycles. The molecule has 5 heteroatoms. The highest BCUT2D eigenvalue weighted by Gasteiger charge is 2.20. The first-order chi connectivity index (χ1) is 29.3. The molecule has 234 valence electrons. The molecule has 0 aliphatic carbocycles. The predicted octanol–water partition coefficient (Wildman–Crippen LogP) is 12.0. The smallest absolute Gasteiger partial charge is 0.164 e. The number of aromatic nitrogens is 3. The molecule has 0 amide bonds. The molecule has 0 saturated carbocycles. The SMILES string of the molecule is [2H]c1c([2H])c([2H])c(-c2c([2H])c([2H])c([2H])c3oc4c([2H])c([2H])c([2H])c(-c5nc(-c6ccc(-c7ccccc7)cc6)nc(-c6ccc7c(c6)oc6ccccc67)n5)c4c23)c([2H])c1[2H]. The second-order valence-corrected chi connectivity index (χ2v) is 11.6. The van der Waals surface area contributed by atoms with Gasteiger partial charge in [0, 0.05) is 38.2 Å². The lowest BCUT2D eigenvalue weighted by Crippen LogP contribution is -2.00. The minimum absolute atomic E-state index is 0.111. The van der Waals surface area contributed by atoms with Crippen molar-refractivity contribution < 1.29 is 23.9 Å². The topological polar surface area (TPSA) is 65.0 Å². The molecule has 0 aliphatic heterocycles. The number of rotatable bonds is 5. The van der Waals surface area contributed by atoms with Gasteiger partial charge in [0.2, 0.25) is 0 Å². The fourth-order valence-corrected chi connectivity index (χ4v) is 6.29. The van der Waals surface area contributed by atoms with E-state index in [1.54, 1.807) is 6.07 Å². The van der Waals surface area contributed by atoms with E-state index >= 15 is 0 Å². The molecule has 0 bridgehead atoms. The summed E-state index contributed by atoms with van der Waals surface area (Å²) in [5.41, 5.74) is 2.66. The van der Waals surface area contributed by atoms with Gasteiger partial charge in [0.15, 0.2) is 17.5 Å². The third-order valence-corrected chi connectivity index (χ3v) is 8.63. The van der Waals surface area contributed by atoms with Crippen molar-refractivity contribution in [2.75, 3.05) is 0 Å². The molecule has 3 heterocycles. The second kappa shape index (κ2) is 11.4. The molecular formula is C45H27N3O2. The summed E-state index contributed by atoms with van der Waals surface area (Å²) in [6, 6.07) is 23.5. The number of benzene rings is 7. The summed E-state index contributed by atoms with van der Waals surface area (Å²) in [7, 11) is 0. The highest BCUT2D eigenvalue weighted by Crippen LogP contribution is 2.41. The van der Waals surface area contributed by atoms with Crippen LogP contribution in [0.25, 0.3) is 100 Å². The second-order valence-electron chi connectivity index (χ2n) is 11.6. The van der Waals surface area contributed by atoms with Crippen molar-refractivity contribution in [2.24, 2.45) is 0 Å². The number of para-hydroxylation sites is 1. The Morgan fingerprint density at radius 2 is 0.960 bits per heavy atom. The van der Waals surface area contributed by atoms with Gasteiger partial charge in [-0.25, -0.2) is 15.0 Å². The lowest BCUT2D eigenvalue weighted by atomic mass is 9.97. The first-order valence-electron chi connectivity index (χ1n) is 21.2. The van der Waals surface area contributed by atoms with Crippen LogP contribution < -0.4 is 0 Å². The molecule has 0 spiro atoms. The van der Waals surface area contributed by atoms with Crippen LogP contribution in [-0.4, -0.2) is 15.0 Å². The highest BCUT2D eigenvalue weighted by atomic mass is 16.3. The quantitative estimate of drug-likeness (QED) is 0.185. The van der Waals surface area contributed by atoms with E-state index in [0.29, 0.717) is 22.3 Å². The van der Waals surface area contributed by atoms with Crippen LogP contribution in [0.5, 0.6) is 0 Å². The van der Waals surface area contributed by atoms with Crippen molar-refractivity contribution in [1.82, 2.24) is 15.0 Å². The summed E-state index contributed by atoms with van der Waals surface area (Å²) in [6.45, 7) is 0. The predicted molar refractivity (Wildman–Crippen MR) is 202 cm³/mol. The summed E-state index contributed by atoms with van der Waals surface area (Å²) in [5.74, 6) is 0.175. The molecule has 0 N–H and O–H groups in total. The maximum atomic E-state index is 9.36. The van der Waals surface area contributed by atoms with Gasteiger partial charge in [-0.2, -0.15) is 0 Å². The Hall–Kier alpha value is -6.85. The molecule has 0 saturated heterocycles. The third kappa shape index (κ3) is 4.67. The summed E-state index contributed by atoms with van der Waals surface area (Å²) in [4.78, 5) is 14.6. The average molecular weight is 653 g/mol. The molecule has 0 unspecified atom stereocenters. The normalized spacial score (nSPS) is 14.7. The zero-order chi connectivity index (χ0) is 42.6. The number of hydrogen-bond acceptors (Lipinski definition) is 5. The molecule has 0 aliphatic rings. The van der Waals surface area contributed by atoms with E-state index in [0.717, 1.165) is 21.9 Å². The summed E-state index contributed by atoms with van der Waals surface area (Å²) in [6.07, 6.45) is 0. The largest absolute Gasteiger partial charge is 0.456 e. The molecular weight excluding hydrogens is 615 g/mol. The van der Waals surface area contributed by atoms with Crippen LogP contribution in [0.15, 0.2) is 172 Å². The molecule has 0 radical (unpaired) electrons. The van der Waals surface area contributed by atoms with E-state index in [1.807, 2.05) is 91.0 Å². The van der Waals surface area contributed by atoms with Crippen molar-refractivity contribution in [1.29, 1.82) is 0 Å². The van der Waals surface area contributed by atoms with Crippen LogP contribution in [0.2, 0.25) is 0 Å². The molecule has 10 rings (SSSR count). The van der Waals surface area contributed by atoms with Gasteiger partial charge in [0.05, 0.1) is 15.1 Å². The van der Waals surface area contributed by atoms with Crippen LogP contribution >= 0.6 is 0 Å². The monoisotopic (exact) mass is 652 g/mol. The Bertz CT molecular complexity index is 3470. The Morgan fingerprint density at radius 3 is 1.76 bits per heavy atom. The van der Waals surface area contributed by atoms with Crippen LogP contribution in [0.1, 0.15) is 15.1 Å². The van der Waals surface area contributed by atoms with Crippen LogP contribution in [0.4, 0.5) is 0 Å². The van der Waals surface area contributed by atoms with Gasteiger partial charge in [-0.15, -0.1) is 0 Å². The summed E-state index contributed by atoms with van der Waals surface area (Å²) >= 11 is 0. The van der Waals surface area contributed by atoms with Gasteiger partial charge >= 0.3 is 0 Å². The molecule has 0 fully saturated rings. The average Bonchev–Trinajstić information content (AvgIpc) is 3.86. The number of nitrogens with zero attached hydrogens (tertiary/aromatic N) is 3. The van der Waals surface area contributed by atoms with E-state index in [4.69, 9.17) is 37.5 Å². The van der Waals surface area contributed by atoms with Crippen molar-refractivity contribution in [3.05, 3.63) is 164 Å². The van der Waals surface area contributed by atoms with Crippen LogP contribution in [0, 0.1) is 0 Å². The highest BCUT2D eigenvalue weighted by molar-refractivity contribution is 6.17. The molecule has 5 nitrogen and oxygen atoms in total. The van der Waals surface area contributed by atoms with E-state index in [-0.39, 0.29) is 50.5 Å². The lowest BCUT2D eigenvalue weighted by Gasteiger charge is -2.10. The lowest BCUT2D eigenvalue weighted by molar-refractivity contribution is 0.668. The van der Waals surface area contributed by atoms with E-state index in [1.165, 1.54) is 0 Å². The van der Waals surface area contributed by atoms with Crippen LogP contribution in [0.3, 0.4) is 0 Å². The minimum atomic E-state index is -0.694. The van der Waals surface area contributed by atoms with Crippen molar-refractivity contribution in [3.8, 4) is 56.4 Å². The summed E-state index contributed by atoms with van der Waals surface area (Å²) < 4.78 is 109. The van der Waals surface area contributed by atoms with Gasteiger partial charge in [-0.05, 0) is 52.5 Å². The Morgan fingerprint density at radius 1 is 0.380 bits per heavy atom. The zero-order valence-corrected chi connectivity index (χ0v) is 25.9. The number of furan rings is 2. The van der Waals surface area contributed by atoms with Gasteiger partial charge in [0.1, 0.15) is 22.3 Å². The Labute approximate surface area is 302 Å². The molecule has 10 aromatic rings. The fourth-order valence-electron chi connectivity index (χ4n) is 6.29. The van der Waals surface area contributed by atoms with E-state index in [2.05, 4.69) is 0 Å². The van der Waals surface area contributed by atoms with E-state index < -0.39 is 72.0 Å². The Kier molecular flexibility index (Phi) is 4.38. The molecule has 7 aromatic carbocycles. The maximum absolute atomic E-state index is 9.36. The fraction of sp³-hybridized carbons (Fsp3) is 0. The number of fused-ring (bicyclic) bond motifs is 6. The van der Waals surface area contributed by atoms with E-state index in [9.17, 15) is 1.37 Å². The van der Waals surface area contributed by atoms with Crippen molar-refractivity contribution >= 4 is 43.9 Å². The number of hydrogen-bond donors (Lipinski definition) is 0. The standard InChI is InChI=1S/C45H27N3O2/c1-3-11-28(12-4-1)29-21-23-31(24-22-29)43-46-44(32-25-26-35-34-15-7-8-18-37(34)49-40(35)27-32)48-45(47-43)36-17-10-20-39-42(36)41-33(16-9-19-38(41)50-39)30-13-5-2-6-14-30/h1-27H/i2D,5D,6D,9D,10D,13D,14D,16D,17D,19D,20D. The van der Waals surface area contributed by atoms with Crippen molar-refractivity contribution in [2.45, 2.75) is 0 Å². The molecule has 0 atom stereocenters. The van der Waals surface area contributed by atoms with Crippen LogP contribution in [-0.2, 0) is 0 Å². The first-order valence-corrected chi connectivity index (χ1v) is 15.7. The minimum Gasteiger partial charge on any atom is -0.456 e. The maximum Gasteiger partial charge on any atom is 0.164 e. The Balaban J connectivity index is 1.31. The third-order valence-electron chi connectivity index (χ3n) is 8.63.